The highest BCUT2D eigenvalue weighted by Crippen LogP contribution is 2.27. The first-order chi connectivity index (χ1) is 8.01. The van der Waals surface area contributed by atoms with E-state index in [1.807, 2.05) is 0 Å². The van der Waals surface area contributed by atoms with E-state index < -0.39 is 17.3 Å². The highest BCUT2D eigenvalue weighted by molar-refractivity contribution is 6.66. The van der Waals surface area contributed by atoms with E-state index in [2.05, 4.69) is 0 Å². The molecule has 0 N–H and O–H groups in total. The summed E-state index contributed by atoms with van der Waals surface area (Å²) in [7, 11) is 2.87. The number of benzene rings is 1. The Balaban J connectivity index is 3.12. The van der Waals surface area contributed by atoms with Crippen LogP contribution in [0.1, 0.15) is 17.3 Å². The fraction of sp³-hybridized carbons (Fsp3) is 0.250. The van der Waals surface area contributed by atoms with Gasteiger partial charge in [-0.25, -0.2) is 0 Å². The van der Waals surface area contributed by atoms with Gasteiger partial charge in [0, 0.05) is 12.5 Å². The quantitative estimate of drug-likeness (QED) is 0.434. The summed E-state index contributed by atoms with van der Waals surface area (Å²) in [5.74, 6) is -1.91. The Morgan fingerprint density at radius 2 is 1.59 bits per heavy atom. The third-order valence-electron chi connectivity index (χ3n) is 2.17. The number of ketones is 3. The van der Waals surface area contributed by atoms with Gasteiger partial charge in [0.1, 0.15) is 0 Å². The topological polar surface area (TPSA) is 69.7 Å². The molecule has 17 heavy (non-hydrogen) atoms. The van der Waals surface area contributed by atoms with E-state index in [-0.39, 0.29) is 5.56 Å². The minimum Gasteiger partial charge on any atom is -0.493 e. The Kier molecular flexibility index (Phi) is 3.98. The minimum atomic E-state index is -1.04. The predicted octanol–water partition coefficient (Wildman–Crippen LogP) is 1.04. The third-order valence-corrected chi connectivity index (χ3v) is 2.17. The molecule has 0 heterocycles. The largest absolute Gasteiger partial charge is 0.493 e. The predicted molar refractivity (Wildman–Crippen MR) is 59.6 cm³/mol. The Morgan fingerprint density at radius 1 is 1.00 bits per heavy atom. The zero-order valence-corrected chi connectivity index (χ0v) is 9.77. The Labute approximate surface area is 98.3 Å². The fourth-order valence-corrected chi connectivity index (χ4v) is 1.27. The Morgan fingerprint density at radius 3 is 2.06 bits per heavy atom. The van der Waals surface area contributed by atoms with E-state index in [1.54, 1.807) is 0 Å². The van der Waals surface area contributed by atoms with E-state index in [0.717, 1.165) is 6.92 Å². The van der Waals surface area contributed by atoms with Gasteiger partial charge in [0.15, 0.2) is 11.5 Å². The first kappa shape index (κ1) is 12.9. The molecular weight excluding hydrogens is 224 g/mol. The lowest BCUT2D eigenvalue weighted by atomic mass is 10.0. The number of Topliss-reactive ketones (excluding diaryl/α,β-unsaturated/α-hetero) is 3. The second kappa shape index (κ2) is 5.25. The van der Waals surface area contributed by atoms with Crippen molar-refractivity contribution in [3.05, 3.63) is 23.8 Å². The van der Waals surface area contributed by atoms with Crippen molar-refractivity contribution in [1.29, 1.82) is 0 Å². The maximum atomic E-state index is 11.6. The molecule has 0 aliphatic heterocycles. The second-order valence-corrected chi connectivity index (χ2v) is 3.28. The van der Waals surface area contributed by atoms with Gasteiger partial charge in [-0.05, 0) is 18.2 Å². The average molecular weight is 236 g/mol. The molecule has 0 aromatic heterocycles. The number of ether oxygens (including phenoxy) is 2. The molecule has 0 saturated heterocycles. The summed E-state index contributed by atoms with van der Waals surface area (Å²) in [5, 5.41) is 0. The Bertz CT molecular complexity index is 476. The third kappa shape index (κ3) is 2.69. The number of methoxy groups -OCH3 is 2. The fourth-order valence-electron chi connectivity index (χ4n) is 1.27. The van der Waals surface area contributed by atoms with Crippen molar-refractivity contribution in [3.63, 3.8) is 0 Å². The molecule has 5 heteroatoms. The van der Waals surface area contributed by atoms with Gasteiger partial charge in [-0.3, -0.25) is 14.4 Å². The first-order valence-corrected chi connectivity index (χ1v) is 4.83. The summed E-state index contributed by atoms with van der Waals surface area (Å²) in [6.07, 6.45) is 0. The molecule has 0 amide bonds. The molecule has 0 atom stereocenters. The van der Waals surface area contributed by atoms with Gasteiger partial charge < -0.3 is 9.47 Å². The monoisotopic (exact) mass is 236 g/mol. The van der Waals surface area contributed by atoms with Gasteiger partial charge in [-0.15, -0.1) is 0 Å². The van der Waals surface area contributed by atoms with Crippen molar-refractivity contribution >= 4 is 17.3 Å². The lowest BCUT2D eigenvalue weighted by Crippen LogP contribution is -2.21. The average Bonchev–Trinajstić information content (AvgIpc) is 2.35. The molecule has 90 valence electrons. The van der Waals surface area contributed by atoms with Crippen LogP contribution >= 0.6 is 0 Å². The summed E-state index contributed by atoms with van der Waals surface area (Å²) in [6.45, 7) is 1.06. The van der Waals surface area contributed by atoms with E-state index in [0.29, 0.717) is 11.5 Å². The summed E-state index contributed by atoms with van der Waals surface area (Å²) >= 11 is 0. The van der Waals surface area contributed by atoms with Crippen LogP contribution in [-0.4, -0.2) is 31.6 Å². The molecule has 0 aliphatic carbocycles. The van der Waals surface area contributed by atoms with Crippen LogP contribution in [0.5, 0.6) is 11.5 Å². The smallest absolute Gasteiger partial charge is 0.268 e. The zero-order valence-electron chi connectivity index (χ0n) is 9.77. The summed E-state index contributed by atoms with van der Waals surface area (Å²) in [4.78, 5) is 33.6. The van der Waals surface area contributed by atoms with Gasteiger partial charge in [-0.1, -0.05) is 0 Å². The van der Waals surface area contributed by atoms with E-state index in [4.69, 9.17) is 9.47 Å². The number of hydrogen-bond donors (Lipinski definition) is 0. The maximum Gasteiger partial charge on any atom is 0.268 e. The van der Waals surface area contributed by atoms with Crippen molar-refractivity contribution in [1.82, 2.24) is 0 Å². The van der Waals surface area contributed by atoms with E-state index in [1.165, 1.54) is 32.4 Å². The normalized spacial score (nSPS) is 9.59. The van der Waals surface area contributed by atoms with Crippen molar-refractivity contribution in [2.24, 2.45) is 0 Å². The lowest BCUT2D eigenvalue weighted by molar-refractivity contribution is -0.132. The number of rotatable bonds is 5. The number of carbonyl (C=O) groups excluding carboxylic acids is 3. The van der Waals surface area contributed by atoms with Crippen LogP contribution in [0.2, 0.25) is 0 Å². The minimum absolute atomic E-state index is 0.0999. The van der Waals surface area contributed by atoms with Crippen LogP contribution < -0.4 is 9.47 Å². The molecule has 0 saturated carbocycles. The van der Waals surface area contributed by atoms with Crippen LogP contribution in [0.25, 0.3) is 0 Å². The van der Waals surface area contributed by atoms with Crippen molar-refractivity contribution in [2.45, 2.75) is 6.92 Å². The van der Waals surface area contributed by atoms with E-state index >= 15 is 0 Å². The molecule has 1 aromatic rings. The molecular formula is C12H12O5. The molecule has 0 spiro atoms. The molecule has 0 unspecified atom stereocenters. The summed E-state index contributed by atoms with van der Waals surface area (Å²) in [6, 6.07) is 4.27. The van der Waals surface area contributed by atoms with Gasteiger partial charge in [-0.2, -0.15) is 0 Å². The van der Waals surface area contributed by atoms with Crippen LogP contribution in [0.4, 0.5) is 0 Å². The van der Waals surface area contributed by atoms with Gasteiger partial charge in [0.05, 0.1) is 14.2 Å². The highest BCUT2D eigenvalue weighted by Gasteiger charge is 2.21. The molecule has 0 bridgehead atoms. The zero-order chi connectivity index (χ0) is 13.0. The Hall–Kier alpha value is -2.17. The molecule has 5 nitrogen and oxygen atoms in total. The van der Waals surface area contributed by atoms with Crippen LogP contribution in [0.15, 0.2) is 18.2 Å². The van der Waals surface area contributed by atoms with Crippen molar-refractivity contribution in [2.75, 3.05) is 14.2 Å². The number of carbonyl (C=O) groups is 3. The van der Waals surface area contributed by atoms with Gasteiger partial charge in [0.2, 0.25) is 11.6 Å². The molecule has 0 radical (unpaired) electrons. The standard InChI is InChI=1S/C12H12O5/c1-7(13)11(14)12(15)8-4-5-9(16-2)10(6-8)17-3/h4-6H,1-3H3. The summed E-state index contributed by atoms with van der Waals surface area (Å²) < 4.78 is 9.98. The van der Waals surface area contributed by atoms with Gasteiger partial charge >= 0.3 is 0 Å². The lowest BCUT2D eigenvalue weighted by Gasteiger charge is -2.08. The first-order valence-electron chi connectivity index (χ1n) is 4.83. The molecule has 1 rings (SSSR count). The number of hydrogen-bond acceptors (Lipinski definition) is 5. The molecule has 0 fully saturated rings. The highest BCUT2D eigenvalue weighted by atomic mass is 16.5. The van der Waals surface area contributed by atoms with E-state index in [9.17, 15) is 14.4 Å². The molecule has 0 aliphatic rings. The van der Waals surface area contributed by atoms with Crippen LogP contribution in [0.3, 0.4) is 0 Å². The van der Waals surface area contributed by atoms with Crippen LogP contribution in [0, 0.1) is 0 Å². The maximum absolute atomic E-state index is 11.6. The second-order valence-electron chi connectivity index (χ2n) is 3.28. The summed E-state index contributed by atoms with van der Waals surface area (Å²) in [5.41, 5.74) is 0.0999. The molecule has 1 aromatic carbocycles. The SMILES string of the molecule is COc1ccc(C(=O)C(=O)C(C)=O)cc1OC. The van der Waals surface area contributed by atoms with Gasteiger partial charge in [0.25, 0.3) is 5.78 Å². The van der Waals surface area contributed by atoms with Crippen molar-refractivity contribution < 1.29 is 23.9 Å². The van der Waals surface area contributed by atoms with Crippen molar-refractivity contribution in [3.8, 4) is 11.5 Å². The van der Waals surface area contributed by atoms with Crippen LogP contribution in [-0.2, 0) is 9.59 Å².